The zero-order valence-electron chi connectivity index (χ0n) is 17.4. The van der Waals surface area contributed by atoms with Crippen molar-refractivity contribution < 1.29 is 9.59 Å². The topological polar surface area (TPSA) is 67.2 Å². The molecule has 0 aliphatic carbocycles. The van der Waals surface area contributed by atoms with Gasteiger partial charge in [-0.15, -0.1) is 0 Å². The highest BCUT2D eigenvalue weighted by Gasteiger charge is 2.22. The molecular weight excluding hydrogens is 388 g/mol. The van der Waals surface area contributed by atoms with Crippen molar-refractivity contribution in [3.63, 3.8) is 0 Å². The SMILES string of the molecule is CC(C)(C)c1cc(NC(=O)CCCC(=O)N2CCCC2)n(-c2ccc(Cl)cc2)n1. The fourth-order valence-electron chi connectivity index (χ4n) is 3.35. The summed E-state index contributed by atoms with van der Waals surface area (Å²) in [6.45, 7) is 7.94. The largest absolute Gasteiger partial charge is 0.343 e. The van der Waals surface area contributed by atoms with Crippen LogP contribution in [0.15, 0.2) is 30.3 Å². The number of carbonyl (C=O) groups excluding carboxylic acids is 2. The second-order valence-electron chi connectivity index (χ2n) is 8.54. The van der Waals surface area contributed by atoms with Crippen LogP contribution in [0.5, 0.6) is 0 Å². The van der Waals surface area contributed by atoms with E-state index in [0.29, 0.717) is 30.1 Å². The molecule has 0 atom stereocenters. The van der Waals surface area contributed by atoms with E-state index in [1.807, 2.05) is 23.1 Å². The first-order chi connectivity index (χ1) is 13.7. The van der Waals surface area contributed by atoms with Crippen LogP contribution < -0.4 is 5.32 Å². The highest BCUT2D eigenvalue weighted by atomic mass is 35.5. The number of halogens is 1. The third kappa shape index (κ3) is 5.60. The minimum absolute atomic E-state index is 0.116. The van der Waals surface area contributed by atoms with Crippen LogP contribution in [-0.2, 0) is 15.0 Å². The molecule has 1 aromatic heterocycles. The molecule has 1 saturated heterocycles. The van der Waals surface area contributed by atoms with E-state index in [1.165, 1.54) is 0 Å². The van der Waals surface area contributed by atoms with E-state index in [2.05, 4.69) is 26.1 Å². The van der Waals surface area contributed by atoms with Gasteiger partial charge < -0.3 is 10.2 Å². The van der Waals surface area contributed by atoms with Gasteiger partial charge in [0.1, 0.15) is 5.82 Å². The Hall–Kier alpha value is -2.34. The van der Waals surface area contributed by atoms with Gasteiger partial charge in [-0.3, -0.25) is 9.59 Å². The first-order valence-electron chi connectivity index (χ1n) is 10.2. The summed E-state index contributed by atoms with van der Waals surface area (Å²) in [4.78, 5) is 26.5. The number of likely N-dealkylation sites (tertiary alicyclic amines) is 1. The van der Waals surface area contributed by atoms with E-state index in [1.54, 1.807) is 16.8 Å². The zero-order valence-corrected chi connectivity index (χ0v) is 18.1. The number of rotatable bonds is 6. The van der Waals surface area contributed by atoms with Crippen LogP contribution in [0.4, 0.5) is 5.82 Å². The maximum atomic E-state index is 12.5. The van der Waals surface area contributed by atoms with E-state index in [-0.39, 0.29) is 17.2 Å². The average molecular weight is 417 g/mol. The predicted molar refractivity (Wildman–Crippen MR) is 116 cm³/mol. The Bertz CT molecular complexity index is 862. The van der Waals surface area contributed by atoms with Crippen molar-refractivity contribution >= 4 is 29.2 Å². The van der Waals surface area contributed by atoms with Gasteiger partial charge in [0.2, 0.25) is 11.8 Å². The van der Waals surface area contributed by atoms with E-state index in [0.717, 1.165) is 37.3 Å². The molecule has 3 rings (SSSR count). The number of hydrogen-bond acceptors (Lipinski definition) is 3. The van der Waals surface area contributed by atoms with Crippen LogP contribution in [-0.4, -0.2) is 39.6 Å². The minimum atomic E-state index is -0.153. The number of nitrogens with one attached hydrogen (secondary N) is 1. The minimum Gasteiger partial charge on any atom is -0.343 e. The van der Waals surface area contributed by atoms with E-state index >= 15 is 0 Å². The van der Waals surface area contributed by atoms with Crippen molar-refractivity contribution in [3.05, 3.63) is 41.0 Å². The number of anilines is 1. The molecule has 0 spiro atoms. The molecule has 6 nitrogen and oxygen atoms in total. The van der Waals surface area contributed by atoms with Crippen LogP contribution in [0.3, 0.4) is 0 Å². The summed E-state index contributed by atoms with van der Waals surface area (Å²) in [5, 5.41) is 8.30. The van der Waals surface area contributed by atoms with Crippen LogP contribution >= 0.6 is 11.6 Å². The van der Waals surface area contributed by atoms with Crippen LogP contribution in [0.25, 0.3) is 5.69 Å². The molecule has 1 N–H and O–H groups in total. The highest BCUT2D eigenvalue weighted by molar-refractivity contribution is 6.30. The fourth-order valence-corrected chi connectivity index (χ4v) is 3.47. The molecule has 1 fully saturated rings. The van der Waals surface area contributed by atoms with Crippen molar-refractivity contribution in [2.75, 3.05) is 18.4 Å². The lowest BCUT2D eigenvalue weighted by Crippen LogP contribution is -2.27. The Morgan fingerprint density at radius 3 is 2.38 bits per heavy atom. The maximum Gasteiger partial charge on any atom is 0.225 e. The van der Waals surface area contributed by atoms with Gasteiger partial charge in [-0.2, -0.15) is 5.10 Å². The number of carbonyl (C=O) groups is 2. The number of benzene rings is 1. The molecule has 1 aliphatic rings. The molecule has 0 radical (unpaired) electrons. The first-order valence-corrected chi connectivity index (χ1v) is 10.6. The van der Waals surface area contributed by atoms with Gasteiger partial charge in [-0.1, -0.05) is 32.4 Å². The molecule has 156 valence electrons. The zero-order chi connectivity index (χ0) is 21.0. The van der Waals surface area contributed by atoms with Crippen molar-refractivity contribution in [3.8, 4) is 5.69 Å². The standard InChI is InChI=1S/C22H29ClN4O2/c1-22(2,3)18-15-19(27(25-18)17-11-9-16(23)10-12-17)24-20(28)7-6-8-21(29)26-13-4-5-14-26/h9-12,15H,4-8,13-14H2,1-3H3,(H,24,28). The lowest BCUT2D eigenvalue weighted by atomic mass is 9.92. The molecular formula is C22H29ClN4O2. The summed E-state index contributed by atoms with van der Waals surface area (Å²) in [5.74, 6) is 0.652. The van der Waals surface area contributed by atoms with Crippen LogP contribution in [0.2, 0.25) is 5.02 Å². The van der Waals surface area contributed by atoms with Crippen molar-refractivity contribution in [2.45, 2.75) is 58.3 Å². The Kier molecular flexibility index (Phi) is 6.63. The van der Waals surface area contributed by atoms with Crippen molar-refractivity contribution in [2.24, 2.45) is 0 Å². The lowest BCUT2D eigenvalue weighted by molar-refractivity contribution is -0.130. The molecule has 0 saturated carbocycles. The van der Waals surface area contributed by atoms with Crippen molar-refractivity contribution in [1.29, 1.82) is 0 Å². The number of amides is 2. The van der Waals surface area contributed by atoms with Gasteiger partial charge in [-0.25, -0.2) is 4.68 Å². The number of nitrogens with zero attached hydrogens (tertiary/aromatic N) is 3. The summed E-state index contributed by atoms with van der Waals surface area (Å²) >= 11 is 6.00. The highest BCUT2D eigenvalue weighted by Crippen LogP contribution is 2.27. The maximum absolute atomic E-state index is 12.5. The smallest absolute Gasteiger partial charge is 0.225 e. The summed E-state index contributed by atoms with van der Waals surface area (Å²) in [6, 6.07) is 9.23. The van der Waals surface area contributed by atoms with Gasteiger partial charge >= 0.3 is 0 Å². The molecule has 0 unspecified atom stereocenters. The van der Waals surface area contributed by atoms with Crippen LogP contribution in [0.1, 0.15) is 58.6 Å². The summed E-state index contributed by atoms with van der Waals surface area (Å²) in [7, 11) is 0. The van der Waals surface area contributed by atoms with Gasteiger partial charge in [0, 0.05) is 42.4 Å². The number of aromatic nitrogens is 2. The molecule has 0 bridgehead atoms. The second-order valence-corrected chi connectivity index (χ2v) is 8.98. The normalized spacial score (nSPS) is 14.3. The van der Waals surface area contributed by atoms with E-state index < -0.39 is 0 Å². The van der Waals surface area contributed by atoms with Crippen molar-refractivity contribution in [1.82, 2.24) is 14.7 Å². The van der Waals surface area contributed by atoms with Gasteiger partial charge in [0.15, 0.2) is 0 Å². The average Bonchev–Trinajstić information content (AvgIpc) is 3.32. The Morgan fingerprint density at radius 1 is 1.10 bits per heavy atom. The monoisotopic (exact) mass is 416 g/mol. The summed E-state index contributed by atoms with van der Waals surface area (Å²) < 4.78 is 1.73. The Labute approximate surface area is 177 Å². The molecule has 29 heavy (non-hydrogen) atoms. The molecule has 2 amide bonds. The van der Waals surface area contributed by atoms with Crippen LogP contribution in [0, 0.1) is 0 Å². The molecule has 2 aromatic rings. The third-order valence-electron chi connectivity index (χ3n) is 5.07. The second kappa shape index (κ2) is 8.99. The fraction of sp³-hybridized carbons (Fsp3) is 0.500. The Balaban J connectivity index is 1.66. The Morgan fingerprint density at radius 2 is 1.76 bits per heavy atom. The van der Waals surface area contributed by atoms with E-state index in [4.69, 9.17) is 16.7 Å². The summed E-state index contributed by atoms with van der Waals surface area (Å²) in [6.07, 6.45) is 3.42. The van der Waals surface area contributed by atoms with E-state index in [9.17, 15) is 9.59 Å². The van der Waals surface area contributed by atoms with Gasteiger partial charge in [0.05, 0.1) is 11.4 Å². The number of hydrogen-bond donors (Lipinski definition) is 1. The van der Waals surface area contributed by atoms with Gasteiger partial charge in [0.25, 0.3) is 0 Å². The molecule has 1 aliphatic heterocycles. The first kappa shape index (κ1) is 21.4. The van der Waals surface area contributed by atoms with Gasteiger partial charge in [-0.05, 0) is 43.5 Å². The third-order valence-corrected chi connectivity index (χ3v) is 5.32. The molecule has 1 aromatic carbocycles. The quantitative estimate of drug-likeness (QED) is 0.750. The predicted octanol–water partition coefficient (Wildman–Crippen LogP) is 4.55. The molecule has 2 heterocycles. The summed E-state index contributed by atoms with van der Waals surface area (Å²) in [5.41, 5.74) is 1.55. The molecule has 7 heteroatoms. The lowest BCUT2D eigenvalue weighted by Gasteiger charge is -2.14.